The summed E-state index contributed by atoms with van der Waals surface area (Å²) in [5.74, 6) is 1.78. The molecular formula is C16H23NO2. The summed E-state index contributed by atoms with van der Waals surface area (Å²) in [5.41, 5.74) is 2.72. The van der Waals surface area contributed by atoms with Gasteiger partial charge >= 0.3 is 0 Å². The van der Waals surface area contributed by atoms with Crippen molar-refractivity contribution < 1.29 is 9.47 Å². The predicted octanol–water partition coefficient (Wildman–Crippen LogP) is 2.18. The number of ether oxygens (including phenoxy) is 2. The Balaban J connectivity index is 1.40. The van der Waals surface area contributed by atoms with E-state index in [0.717, 1.165) is 45.0 Å². The van der Waals surface area contributed by atoms with Crippen molar-refractivity contribution in [2.75, 3.05) is 32.9 Å². The van der Waals surface area contributed by atoms with Gasteiger partial charge in [-0.3, -0.25) is 0 Å². The van der Waals surface area contributed by atoms with Gasteiger partial charge in [-0.1, -0.05) is 12.1 Å². The third-order valence-corrected chi connectivity index (χ3v) is 4.04. The zero-order valence-electron chi connectivity index (χ0n) is 11.5. The fraction of sp³-hybridized carbons (Fsp3) is 0.625. The molecule has 104 valence electrons. The molecule has 1 aromatic carbocycles. The highest BCUT2D eigenvalue weighted by Gasteiger charge is 2.13. The normalized spacial score (nSPS) is 22.0. The topological polar surface area (TPSA) is 30.5 Å². The van der Waals surface area contributed by atoms with Gasteiger partial charge in [-0.25, -0.2) is 0 Å². The van der Waals surface area contributed by atoms with Crippen LogP contribution in [0.1, 0.15) is 24.0 Å². The van der Waals surface area contributed by atoms with Crippen molar-refractivity contribution in [3.8, 4) is 5.75 Å². The first-order chi connectivity index (χ1) is 9.42. The lowest BCUT2D eigenvalue weighted by atomic mass is 10.0. The van der Waals surface area contributed by atoms with E-state index >= 15 is 0 Å². The van der Waals surface area contributed by atoms with E-state index in [2.05, 4.69) is 23.5 Å². The molecule has 0 amide bonds. The minimum absolute atomic E-state index is 0.710. The van der Waals surface area contributed by atoms with E-state index < -0.39 is 0 Å². The van der Waals surface area contributed by atoms with Crippen molar-refractivity contribution in [2.45, 2.75) is 25.7 Å². The van der Waals surface area contributed by atoms with Crippen LogP contribution in [0.4, 0.5) is 0 Å². The van der Waals surface area contributed by atoms with Crippen molar-refractivity contribution in [2.24, 2.45) is 5.92 Å². The zero-order chi connectivity index (χ0) is 12.9. The van der Waals surface area contributed by atoms with Gasteiger partial charge < -0.3 is 14.8 Å². The molecule has 1 N–H and O–H groups in total. The summed E-state index contributed by atoms with van der Waals surface area (Å²) in [4.78, 5) is 0. The molecule has 3 rings (SSSR count). The molecule has 1 aromatic rings. The van der Waals surface area contributed by atoms with Crippen LogP contribution in [-0.2, 0) is 17.6 Å². The second kappa shape index (κ2) is 6.40. The van der Waals surface area contributed by atoms with Gasteiger partial charge in [-0.2, -0.15) is 0 Å². The fourth-order valence-corrected chi connectivity index (χ4v) is 2.90. The van der Waals surface area contributed by atoms with E-state index in [9.17, 15) is 0 Å². The minimum atomic E-state index is 0.710. The summed E-state index contributed by atoms with van der Waals surface area (Å²) < 4.78 is 11.3. The van der Waals surface area contributed by atoms with Crippen molar-refractivity contribution in [1.82, 2.24) is 5.32 Å². The number of fused-ring (bicyclic) bond motifs is 1. The monoisotopic (exact) mass is 261 g/mol. The fourth-order valence-electron chi connectivity index (χ4n) is 2.90. The van der Waals surface area contributed by atoms with Gasteiger partial charge in [0.2, 0.25) is 0 Å². The molecule has 1 fully saturated rings. The molecule has 1 saturated heterocycles. The van der Waals surface area contributed by atoms with Crippen LogP contribution in [0.25, 0.3) is 0 Å². The second-order valence-corrected chi connectivity index (χ2v) is 5.58. The maximum absolute atomic E-state index is 5.83. The molecule has 1 unspecified atom stereocenters. The number of hydrogen-bond donors (Lipinski definition) is 1. The molecule has 0 radical (unpaired) electrons. The summed E-state index contributed by atoms with van der Waals surface area (Å²) in [6, 6.07) is 6.53. The Bertz CT molecular complexity index is 413. The number of piperidine rings is 1. The maximum Gasteiger partial charge on any atom is 0.122 e. The molecule has 1 atom stereocenters. The Hall–Kier alpha value is -1.06. The molecule has 2 aliphatic heterocycles. The van der Waals surface area contributed by atoms with Crippen LogP contribution in [0.3, 0.4) is 0 Å². The Labute approximate surface area is 115 Å². The van der Waals surface area contributed by atoms with Crippen molar-refractivity contribution in [3.63, 3.8) is 0 Å². The van der Waals surface area contributed by atoms with E-state index in [0.29, 0.717) is 5.92 Å². The highest BCUT2D eigenvalue weighted by atomic mass is 16.5. The van der Waals surface area contributed by atoms with Gasteiger partial charge in [0.05, 0.1) is 19.8 Å². The third kappa shape index (κ3) is 3.48. The molecule has 0 bridgehead atoms. The largest absolute Gasteiger partial charge is 0.493 e. The molecule has 0 aliphatic carbocycles. The van der Waals surface area contributed by atoms with Gasteiger partial charge in [0.1, 0.15) is 5.75 Å². The molecule has 19 heavy (non-hydrogen) atoms. The van der Waals surface area contributed by atoms with Gasteiger partial charge in [0.25, 0.3) is 0 Å². The van der Waals surface area contributed by atoms with Crippen LogP contribution in [0.15, 0.2) is 18.2 Å². The molecule has 3 heteroatoms. The summed E-state index contributed by atoms with van der Waals surface area (Å²) in [5, 5.41) is 3.43. The van der Waals surface area contributed by atoms with E-state index in [-0.39, 0.29) is 0 Å². The van der Waals surface area contributed by atoms with E-state index in [1.165, 1.54) is 30.5 Å². The van der Waals surface area contributed by atoms with Crippen LogP contribution in [0, 0.1) is 5.92 Å². The summed E-state index contributed by atoms with van der Waals surface area (Å²) in [6.07, 6.45) is 4.66. The summed E-state index contributed by atoms with van der Waals surface area (Å²) >= 11 is 0. The Morgan fingerprint density at radius 2 is 2.37 bits per heavy atom. The summed E-state index contributed by atoms with van der Waals surface area (Å²) in [7, 11) is 0. The Morgan fingerprint density at radius 3 is 3.26 bits per heavy atom. The van der Waals surface area contributed by atoms with Gasteiger partial charge in [0, 0.05) is 13.0 Å². The van der Waals surface area contributed by atoms with Crippen molar-refractivity contribution in [1.29, 1.82) is 0 Å². The number of hydrogen-bond acceptors (Lipinski definition) is 3. The number of benzene rings is 1. The molecule has 3 nitrogen and oxygen atoms in total. The average Bonchev–Trinajstić information content (AvgIpc) is 2.92. The highest BCUT2D eigenvalue weighted by molar-refractivity contribution is 5.39. The van der Waals surface area contributed by atoms with Crippen molar-refractivity contribution >= 4 is 0 Å². The Morgan fingerprint density at radius 1 is 1.37 bits per heavy atom. The molecule has 0 aromatic heterocycles. The number of nitrogens with one attached hydrogen (secondary N) is 1. The van der Waals surface area contributed by atoms with Crippen LogP contribution in [-0.4, -0.2) is 32.9 Å². The molecule has 0 spiro atoms. The second-order valence-electron chi connectivity index (χ2n) is 5.58. The number of rotatable bonds is 5. The minimum Gasteiger partial charge on any atom is -0.493 e. The van der Waals surface area contributed by atoms with E-state index in [1.807, 2.05) is 0 Å². The van der Waals surface area contributed by atoms with Crippen LogP contribution >= 0.6 is 0 Å². The van der Waals surface area contributed by atoms with Crippen molar-refractivity contribution in [3.05, 3.63) is 29.3 Å². The van der Waals surface area contributed by atoms with Gasteiger partial charge in [-0.15, -0.1) is 0 Å². The molecule has 2 heterocycles. The van der Waals surface area contributed by atoms with Crippen LogP contribution < -0.4 is 10.1 Å². The smallest absolute Gasteiger partial charge is 0.122 e. The molecule has 0 saturated carbocycles. The Kier molecular flexibility index (Phi) is 4.36. The lowest BCUT2D eigenvalue weighted by molar-refractivity contribution is 0.0921. The third-order valence-electron chi connectivity index (χ3n) is 4.04. The predicted molar refractivity (Wildman–Crippen MR) is 75.8 cm³/mol. The van der Waals surface area contributed by atoms with Crippen LogP contribution in [0.2, 0.25) is 0 Å². The first-order valence-electron chi connectivity index (χ1n) is 7.45. The lowest BCUT2D eigenvalue weighted by Crippen LogP contribution is -2.32. The SMILES string of the molecule is c1cc2c(cc1CCOCC1CCCNC1)CCO2. The van der Waals surface area contributed by atoms with E-state index in [1.54, 1.807) is 0 Å². The van der Waals surface area contributed by atoms with Gasteiger partial charge in [-0.05, 0) is 48.9 Å². The molecule has 2 aliphatic rings. The zero-order valence-corrected chi connectivity index (χ0v) is 11.5. The average molecular weight is 261 g/mol. The van der Waals surface area contributed by atoms with Gasteiger partial charge in [0.15, 0.2) is 0 Å². The maximum atomic E-state index is 5.83. The summed E-state index contributed by atoms with van der Waals surface area (Å²) in [6.45, 7) is 4.87. The van der Waals surface area contributed by atoms with Crippen LogP contribution in [0.5, 0.6) is 5.75 Å². The highest BCUT2D eigenvalue weighted by Crippen LogP contribution is 2.26. The quantitative estimate of drug-likeness (QED) is 0.824. The lowest BCUT2D eigenvalue weighted by Gasteiger charge is -2.22. The van der Waals surface area contributed by atoms with E-state index in [4.69, 9.17) is 9.47 Å². The first kappa shape index (κ1) is 12.9. The standard InChI is InChI=1S/C16H23NO2/c1-2-14(11-17-7-1)12-18-8-5-13-3-4-16-15(10-13)6-9-19-16/h3-4,10,14,17H,1-2,5-9,11-12H2. The first-order valence-corrected chi connectivity index (χ1v) is 7.45. The molecular weight excluding hydrogens is 238 g/mol.